The highest BCUT2D eigenvalue weighted by molar-refractivity contribution is 7.94. The molecule has 0 radical (unpaired) electrons. The molecule has 8 heteroatoms. The van der Waals surface area contributed by atoms with Gasteiger partial charge in [-0.1, -0.05) is 54.6 Å². The van der Waals surface area contributed by atoms with Gasteiger partial charge in [0.15, 0.2) is 9.84 Å². The molecule has 2 rings (SSSR count). The Balaban J connectivity index is 1.99. The Morgan fingerprint density at radius 3 is 2.18 bits per heavy atom. The lowest BCUT2D eigenvalue weighted by Gasteiger charge is -2.22. The fraction of sp³-hybridized carbons (Fsp3) is 0.200. The Hall–Kier alpha value is -2.97. The average molecular weight is 403 g/mol. The number of carbonyl (C=O) groups is 2. The third kappa shape index (κ3) is 5.51. The fourth-order valence-corrected chi connectivity index (χ4v) is 3.43. The molecule has 0 saturated heterocycles. The zero-order chi connectivity index (χ0) is 20.6. The topological polar surface area (TPSA) is 124 Å². The van der Waals surface area contributed by atoms with Crippen LogP contribution in [0, 0.1) is 0 Å². The molecule has 0 saturated carbocycles. The van der Waals surface area contributed by atoms with Gasteiger partial charge in [-0.15, -0.1) is 0 Å². The SMILES string of the molecule is NC(CC/C=C/S(=O)(=O)c1ccccc1)(C(=O)O)C(=O)OCc1ccccc1. The van der Waals surface area contributed by atoms with Crippen LogP contribution in [0.25, 0.3) is 0 Å². The van der Waals surface area contributed by atoms with Crippen molar-refractivity contribution < 1.29 is 27.9 Å². The van der Waals surface area contributed by atoms with E-state index in [0.717, 1.165) is 5.41 Å². The molecule has 0 spiro atoms. The molecule has 28 heavy (non-hydrogen) atoms. The van der Waals surface area contributed by atoms with Crippen LogP contribution in [-0.4, -0.2) is 31.0 Å². The first-order valence-electron chi connectivity index (χ1n) is 8.46. The van der Waals surface area contributed by atoms with Crippen molar-refractivity contribution in [3.05, 3.63) is 77.7 Å². The summed E-state index contributed by atoms with van der Waals surface area (Å²) in [6.45, 7) is -0.107. The summed E-state index contributed by atoms with van der Waals surface area (Å²) < 4.78 is 29.4. The largest absolute Gasteiger partial charge is 0.479 e. The van der Waals surface area contributed by atoms with E-state index in [-0.39, 0.29) is 24.3 Å². The predicted octanol–water partition coefficient (Wildman–Crippen LogP) is 2.28. The Kier molecular flexibility index (Phi) is 7.08. The molecule has 0 amide bonds. The van der Waals surface area contributed by atoms with E-state index in [2.05, 4.69) is 0 Å². The van der Waals surface area contributed by atoms with Gasteiger partial charge in [0.2, 0.25) is 5.54 Å². The van der Waals surface area contributed by atoms with Crippen LogP contribution in [0.15, 0.2) is 77.0 Å². The standard InChI is InChI=1S/C20H21NO6S/c21-20(18(22)23,19(24)27-15-16-9-3-1-4-10-16)13-7-8-14-28(25,26)17-11-5-2-6-12-17/h1-6,8-12,14H,7,13,15,21H2,(H,22,23)/b14-8+. The average Bonchev–Trinajstić information content (AvgIpc) is 2.70. The third-order valence-electron chi connectivity index (χ3n) is 4.01. The van der Waals surface area contributed by atoms with Gasteiger partial charge >= 0.3 is 11.9 Å². The van der Waals surface area contributed by atoms with Crippen LogP contribution in [0.5, 0.6) is 0 Å². The van der Waals surface area contributed by atoms with Crippen molar-refractivity contribution in [2.24, 2.45) is 5.73 Å². The second kappa shape index (κ2) is 9.29. The van der Waals surface area contributed by atoms with E-state index in [1.807, 2.05) is 0 Å². The summed E-state index contributed by atoms with van der Waals surface area (Å²) in [5.74, 6) is -2.62. The molecule has 0 fully saturated rings. The summed E-state index contributed by atoms with van der Waals surface area (Å²) in [4.78, 5) is 23.9. The van der Waals surface area contributed by atoms with E-state index in [4.69, 9.17) is 10.5 Å². The maximum atomic E-state index is 12.2. The first kappa shape index (κ1) is 21.3. The Labute approximate surface area is 163 Å². The number of ether oxygens (including phenoxy) is 1. The number of carbonyl (C=O) groups excluding carboxylic acids is 1. The highest BCUT2D eigenvalue weighted by Gasteiger charge is 2.43. The minimum atomic E-state index is -3.65. The van der Waals surface area contributed by atoms with Gasteiger partial charge in [-0.05, 0) is 30.5 Å². The van der Waals surface area contributed by atoms with Crippen molar-refractivity contribution >= 4 is 21.8 Å². The summed E-state index contributed by atoms with van der Waals surface area (Å²) in [5, 5.41) is 10.3. The second-order valence-corrected chi connectivity index (χ2v) is 7.94. The number of nitrogens with two attached hydrogens (primary N) is 1. The van der Waals surface area contributed by atoms with Gasteiger partial charge in [0.1, 0.15) is 6.61 Å². The van der Waals surface area contributed by atoms with Crippen LogP contribution < -0.4 is 5.73 Å². The number of hydrogen-bond donors (Lipinski definition) is 2. The third-order valence-corrected chi connectivity index (χ3v) is 5.49. The van der Waals surface area contributed by atoms with E-state index >= 15 is 0 Å². The number of carboxylic acid groups (broad SMARTS) is 1. The predicted molar refractivity (Wildman–Crippen MR) is 103 cm³/mol. The smallest absolute Gasteiger partial charge is 0.338 e. The maximum absolute atomic E-state index is 12.2. The van der Waals surface area contributed by atoms with Gasteiger partial charge in [0.05, 0.1) is 4.90 Å². The minimum absolute atomic E-state index is 0.0324. The molecule has 1 unspecified atom stereocenters. The van der Waals surface area contributed by atoms with E-state index in [0.29, 0.717) is 5.56 Å². The molecule has 3 N–H and O–H groups in total. The molecular weight excluding hydrogens is 382 g/mol. The van der Waals surface area contributed by atoms with Crippen molar-refractivity contribution in [3.63, 3.8) is 0 Å². The highest BCUT2D eigenvalue weighted by atomic mass is 32.2. The van der Waals surface area contributed by atoms with Crippen molar-refractivity contribution in [3.8, 4) is 0 Å². The van der Waals surface area contributed by atoms with Gasteiger partial charge in [-0.2, -0.15) is 0 Å². The molecule has 0 heterocycles. The molecule has 2 aromatic carbocycles. The second-order valence-electron chi connectivity index (χ2n) is 6.11. The van der Waals surface area contributed by atoms with Crippen LogP contribution in [0.2, 0.25) is 0 Å². The number of esters is 1. The van der Waals surface area contributed by atoms with Crippen molar-refractivity contribution in [2.45, 2.75) is 29.9 Å². The maximum Gasteiger partial charge on any atom is 0.338 e. The normalized spacial score (nSPS) is 13.8. The Morgan fingerprint density at radius 2 is 1.61 bits per heavy atom. The number of aliphatic carboxylic acids is 1. The molecule has 0 aliphatic carbocycles. The van der Waals surface area contributed by atoms with Crippen LogP contribution in [0.3, 0.4) is 0 Å². The number of benzene rings is 2. The van der Waals surface area contributed by atoms with Crippen LogP contribution in [0.1, 0.15) is 18.4 Å². The zero-order valence-electron chi connectivity index (χ0n) is 15.0. The molecule has 148 valence electrons. The molecule has 0 aliphatic heterocycles. The number of rotatable bonds is 9. The van der Waals surface area contributed by atoms with Crippen LogP contribution in [-0.2, 0) is 30.8 Å². The van der Waals surface area contributed by atoms with Crippen molar-refractivity contribution in [1.29, 1.82) is 0 Å². The molecule has 1 atom stereocenters. The molecule has 0 aliphatic rings. The van der Waals surface area contributed by atoms with Crippen molar-refractivity contribution in [1.82, 2.24) is 0 Å². The van der Waals surface area contributed by atoms with Gasteiger partial charge in [0.25, 0.3) is 0 Å². The van der Waals surface area contributed by atoms with Crippen molar-refractivity contribution in [2.75, 3.05) is 0 Å². The summed E-state index contributed by atoms with van der Waals surface area (Å²) >= 11 is 0. The van der Waals surface area contributed by atoms with Gasteiger partial charge in [0, 0.05) is 5.41 Å². The summed E-state index contributed by atoms with van der Waals surface area (Å²) in [6.07, 6.45) is 0.934. The highest BCUT2D eigenvalue weighted by Crippen LogP contribution is 2.17. The lowest BCUT2D eigenvalue weighted by molar-refractivity contribution is -0.162. The monoisotopic (exact) mass is 403 g/mol. The molecule has 7 nitrogen and oxygen atoms in total. The lowest BCUT2D eigenvalue weighted by atomic mass is 9.95. The van der Waals surface area contributed by atoms with Crippen LogP contribution in [0.4, 0.5) is 0 Å². The fourth-order valence-electron chi connectivity index (χ4n) is 2.34. The van der Waals surface area contributed by atoms with E-state index in [1.165, 1.54) is 18.2 Å². The minimum Gasteiger partial charge on any atom is -0.479 e. The van der Waals surface area contributed by atoms with Crippen LogP contribution >= 0.6 is 0 Å². The quantitative estimate of drug-likeness (QED) is 0.486. The van der Waals surface area contributed by atoms with Gasteiger partial charge in [-0.25, -0.2) is 18.0 Å². The Morgan fingerprint density at radius 1 is 1.04 bits per heavy atom. The first-order valence-corrected chi connectivity index (χ1v) is 10.0. The molecule has 0 aromatic heterocycles. The number of sulfone groups is 1. The lowest BCUT2D eigenvalue weighted by Crippen LogP contribution is -2.55. The number of hydrogen-bond acceptors (Lipinski definition) is 6. The number of allylic oxidation sites excluding steroid dienone is 1. The summed E-state index contributed by atoms with van der Waals surface area (Å²) in [5.41, 5.74) is 4.18. The summed E-state index contributed by atoms with van der Waals surface area (Å²) in [7, 11) is -3.65. The Bertz CT molecular complexity index is 941. The molecular formula is C20H21NO6S. The first-order chi connectivity index (χ1) is 13.3. The molecule has 2 aromatic rings. The van der Waals surface area contributed by atoms with Gasteiger partial charge in [-0.3, -0.25) is 0 Å². The zero-order valence-corrected chi connectivity index (χ0v) is 15.8. The van der Waals surface area contributed by atoms with E-state index < -0.39 is 27.3 Å². The van der Waals surface area contributed by atoms with E-state index in [9.17, 15) is 23.1 Å². The number of carboxylic acids is 1. The van der Waals surface area contributed by atoms with E-state index in [1.54, 1.807) is 48.5 Å². The summed E-state index contributed by atoms with van der Waals surface area (Å²) in [6, 6.07) is 16.5. The molecule has 0 bridgehead atoms. The van der Waals surface area contributed by atoms with Gasteiger partial charge < -0.3 is 15.6 Å².